The van der Waals surface area contributed by atoms with Crippen molar-refractivity contribution in [3.05, 3.63) is 53.3 Å². The molecule has 1 aromatic carbocycles. The maximum absolute atomic E-state index is 13.3. The quantitative estimate of drug-likeness (QED) is 0.887. The highest BCUT2D eigenvalue weighted by Crippen LogP contribution is 2.20. The molecule has 1 N–H and O–H groups in total. The lowest BCUT2D eigenvalue weighted by Gasteiger charge is -2.08. The van der Waals surface area contributed by atoms with Crippen molar-refractivity contribution in [3.63, 3.8) is 0 Å². The van der Waals surface area contributed by atoms with Crippen LogP contribution in [0.2, 0.25) is 5.02 Å². The first kappa shape index (κ1) is 13.7. The van der Waals surface area contributed by atoms with Gasteiger partial charge >= 0.3 is 0 Å². The van der Waals surface area contributed by atoms with Crippen LogP contribution in [0.3, 0.4) is 0 Å². The second-order valence-electron chi connectivity index (χ2n) is 3.54. The number of rotatable bonds is 3. The first-order valence-corrected chi connectivity index (χ1v) is 6.85. The minimum absolute atomic E-state index is 0.135. The molecule has 0 saturated carbocycles. The zero-order valence-electron chi connectivity index (χ0n) is 9.27. The number of hydrogen-bond donors (Lipinski definition) is 1. The van der Waals surface area contributed by atoms with E-state index in [4.69, 9.17) is 11.6 Å². The van der Waals surface area contributed by atoms with Gasteiger partial charge in [-0.25, -0.2) is 8.42 Å². The van der Waals surface area contributed by atoms with Crippen molar-refractivity contribution < 1.29 is 17.2 Å². The Morgan fingerprint density at radius 3 is 2.53 bits per heavy atom. The van der Waals surface area contributed by atoms with E-state index in [1.807, 2.05) is 4.72 Å². The fourth-order valence-electron chi connectivity index (χ4n) is 1.33. The molecule has 0 spiro atoms. The van der Waals surface area contributed by atoms with Gasteiger partial charge in [0.25, 0.3) is 10.0 Å². The van der Waals surface area contributed by atoms with Crippen LogP contribution in [0.15, 0.2) is 41.3 Å². The average Bonchev–Trinajstić information content (AvgIpc) is 2.33. The van der Waals surface area contributed by atoms with Gasteiger partial charge in [-0.3, -0.25) is 4.72 Å². The Kier molecular flexibility index (Phi) is 3.68. The summed E-state index contributed by atoms with van der Waals surface area (Å²) in [6.07, 6.45) is 0. The van der Waals surface area contributed by atoms with E-state index in [0.29, 0.717) is 0 Å². The molecule has 100 valence electrons. The molecule has 2 rings (SSSR count). The number of benzene rings is 1. The van der Waals surface area contributed by atoms with Crippen LogP contribution in [-0.4, -0.2) is 13.4 Å². The van der Waals surface area contributed by atoms with Gasteiger partial charge in [0.15, 0.2) is 0 Å². The standard InChI is InChI=1S/C11H7ClF2N2O2S/c12-7-2-1-3-8(6-7)19(17,18)16-9-4-5-10(13)15-11(9)14/h1-6,16H. The number of hydrogen-bond acceptors (Lipinski definition) is 3. The highest BCUT2D eigenvalue weighted by atomic mass is 35.5. The summed E-state index contributed by atoms with van der Waals surface area (Å²) in [5.74, 6) is -2.28. The predicted octanol–water partition coefficient (Wildman–Crippen LogP) is 2.81. The van der Waals surface area contributed by atoms with Crippen LogP contribution in [0.5, 0.6) is 0 Å². The molecule has 0 aliphatic carbocycles. The second-order valence-corrected chi connectivity index (χ2v) is 5.65. The summed E-state index contributed by atoms with van der Waals surface area (Å²) in [6, 6.07) is 7.23. The van der Waals surface area contributed by atoms with E-state index in [0.717, 1.165) is 12.1 Å². The maximum Gasteiger partial charge on any atom is 0.262 e. The monoisotopic (exact) mass is 304 g/mol. The molecule has 1 heterocycles. The lowest BCUT2D eigenvalue weighted by molar-refractivity contribution is 0.515. The number of sulfonamides is 1. The number of halogens is 3. The molecule has 0 amide bonds. The molecule has 8 heteroatoms. The summed E-state index contributed by atoms with van der Waals surface area (Å²) in [4.78, 5) is 2.75. The molecule has 0 aliphatic rings. The van der Waals surface area contributed by atoms with Gasteiger partial charge in [-0.05, 0) is 30.3 Å². The first-order valence-electron chi connectivity index (χ1n) is 4.99. The fourth-order valence-corrected chi connectivity index (χ4v) is 2.68. The van der Waals surface area contributed by atoms with Gasteiger partial charge in [-0.2, -0.15) is 13.8 Å². The Morgan fingerprint density at radius 1 is 1.16 bits per heavy atom. The van der Waals surface area contributed by atoms with Crippen molar-refractivity contribution >= 4 is 27.3 Å². The summed E-state index contributed by atoms with van der Waals surface area (Å²) in [5.41, 5.74) is -0.443. The van der Waals surface area contributed by atoms with Crippen LogP contribution < -0.4 is 4.72 Å². The van der Waals surface area contributed by atoms with Crippen LogP contribution in [0.4, 0.5) is 14.5 Å². The highest BCUT2D eigenvalue weighted by molar-refractivity contribution is 7.92. The van der Waals surface area contributed by atoms with Gasteiger partial charge in [0, 0.05) is 5.02 Å². The van der Waals surface area contributed by atoms with Crippen LogP contribution in [0.1, 0.15) is 0 Å². The summed E-state index contributed by atoms with van der Waals surface area (Å²) < 4.78 is 51.7. The van der Waals surface area contributed by atoms with E-state index in [1.54, 1.807) is 0 Å². The Bertz CT molecular complexity index is 722. The summed E-state index contributed by atoms with van der Waals surface area (Å²) in [6.45, 7) is 0. The SMILES string of the molecule is O=S(=O)(Nc1ccc(F)nc1F)c1cccc(Cl)c1. The van der Waals surface area contributed by atoms with Crippen molar-refractivity contribution in [2.24, 2.45) is 0 Å². The summed E-state index contributed by atoms with van der Waals surface area (Å²) in [7, 11) is -4.01. The normalized spacial score (nSPS) is 11.3. The molecule has 0 radical (unpaired) electrons. The van der Waals surface area contributed by atoms with E-state index in [2.05, 4.69) is 4.98 Å². The molecular formula is C11H7ClF2N2O2S. The second kappa shape index (κ2) is 5.10. The smallest absolute Gasteiger partial charge is 0.262 e. The minimum Gasteiger partial charge on any atom is -0.275 e. The largest absolute Gasteiger partial charge is 0.275 e. The van der Waals surface area contributed by atoms with E-state index < -0.39 is 27.6 Å². The van der Waals surface area contributed by atoms with Gasteiger partial charge in [-0.15, -0.1) is 0 Å². The van der Waals surface area contributed by atoms with E-state index in [9.17, 15) is 17.2 Å². The van der Waals surface area contributed by atoms with Gasteiger partial charge in [0.1, 0.15) is 5.69 Å². The zero-order valence-corrected chi connectivity index (χ0v) is 10.8. The lowest BCUT2D eigenvalue weighted by atomic mass is 10.4. The predicted molar refractivity (Wildman–Crippen MR) is 66.4 cm³/mol. The van der Waals surface area contributed by atoms with Crippen LogP contribution >= 0.6 is 11.6 Å². The third kappa shape index (κ3) is 3.18. The third-order valence-corrected chi connectivity index (χ3v) is 3.76. The third-order valence-electron chi connectivity index (χ3n) is 2.17. The molecule has 0 atom stereocenters. The zero-order chi connectivity index (χ0) is 14.0. The number of nitrogens with zero attached hydrogens (tertiary/aromatic N) is 1. The van der Waals surface area contributed by atoms with E-state index >= 15 is 0 Å². The molecule has 4 nitrogen and oxygen atoms in total. The molecular weight excluding hydrogens is 298 g/mol. The molecule has 2 aromatic rings. The van der Waals surface area contributed by atoms with Crippen LogP contribution in [-0.2, 0) is 10.0 Å². The molecule has 0 aliphatic heterocycles. The van der Waals surface area contributed by atoms with Crippen molar-refractivity contribution in [2.75, 3.05) is 4.72 Å². The Hall–Kier alpha value is -1.73. The Labute approximate surface area is 113 Å². The molecule has 19 heavy (non-hydrogen) atoms. The molecule has 0 bridgehead atoms. The van der Waals surface area contributed by atoms with Gasteiger partial charge in [0.05, 0.1) is 4.90 Å². The Balaban J connectivity index is 2.36. The van der Waals surface area contributed by atoms with E-state index in [1.165, 1.54) is 24.3 Å². The fraction of sp³-hybridized carbons (Fsp3) is 0. The number of pyridine rings is 1. The molecule has 0 saturated heterocycles. The van der Waals surface area contributed by atoms with E-state index in [-0.39, 0.29) is 9.92 Å². The van der Waals surface area contributed by atoms with Gasteiger partial charge < -0.3 is 0 Å². The first-order chi connectivity index (χ1) is 8.88. The molecule has 1 aromatic heterocycles. The van der Waals surface area contributed by atoms with Crippen LogP contribution in [0.25, 0.3) is 0 Å². The molecule has 0 fully saturated rings. The van der Waals surface area contributed by atoms with Gasteiger partial charge in [0.2, 0.25) is 11.9 Å². The van der Waals surface area contributed by atoms with Crippen molar-refractivity contribution in [3.8, 4) is 0 Å². The van der Waals surface area contributed by atoms with Crippen molar-refractivity contribution in [2.45, 2.75) is 4.90 Å². The topological polar surface area (TPSA) is 59.1 Å². The average molecular weight is 305 g/mol. The Morgan fingerprint density at radius 2 is 1.89 bits per heavy atom. The number of aromatic nitrogens is 1. The van der Waals surface area contributed by atoms with Crippen molar-refractivity contribution in [1.82, 2.24) is 4.98 Å². The van der Waals surface area contributed by atoms with Crippen LogP contribution in [0, 0.1) is 11.9 Å². The highest BCUT2D eigenvalue weighted by Gasteiger charge is 2.17. The summed E-state index contributed by atoms with van der Waals surface area (Å²) >= 11 is 5.68. The minimum atomic E-state index is -4.01. The lowest BCUT2D eigenvalue weighted by Crippen LogP contribution is -2.14. The molecule has 0 unspecified atom stereocenters. The van der Waals surface area contributed by atoms with Crippen molar-refractivity contribution in [1.29, 1.82) is 0 Å². The van der Waals surface area contributed by atoms with Gasteiger partial charge in [-0.1, -0.05) is 17.7 Å². The maximum atomic E-state index is 13.3. The number of anilines is 1. The number of nitrogens with one attached hydrogen (secondary N) is 1. The summed E-state index contributed by atoms with van der Waals surface area (Å²) in [5, 5.41) is 0.223.